The quantitative estimate of drug-likeness (QED) is 0.671. The van der Waals surface area contributed by atoms with Crippen molar-refractivity contribution < 1.29 is 4.92 Å². The van der Waals surface area contributed by atoms with E-state index in [1.807, 2.05) is 17.9 Å². The lowest BCUT2D eigenvalue weighted by molar-refractivity contribution is -0.384. The Balaban J connectivity index is 2.43. The van der Waals surface area contributed by atoms with Gasteiger partial charge < -0.3 is 10.2 Å². The number of para-hydroxylation sites is 1. The molecule has 1 unspecified atom stereocenters. The third-order valence-electron chi connectivity index (χ3n) is 3.68. The van der Waals surface area contributed by atoms with Crippen LogP contribution in [0.4, 0.5) is 11.4 Å². The fraction of sp³-hybridized carbons (Fsp3) is 0.500. The van der Waals surface area contributed by atoms with Gasteiger partial charge in [-0.1, -0.05) is 6.07 Å². The molecule has 0 saturated carbocycles. The highest BCUT2D eigenvalue weighted by Crippen LogP contribution is 2.33. The molecule has 0 amide bonds. The lowest BCUT2D eigenvalue weighted by atomic mass is 10.0. The first-order valence-corrected chi connectivity index (χ1v) is 6.84. The maximum Gasteiger partial charge on any atom is 0.310 e. The molecule has 1 heterocycles. The van der Waals surface area contributed by atoms with Crippen LogP contribution in [0.1, 0.15) is 25.3 Å². The number of nitrogens with one attached hydrogen (secondary N) is 1. The summed E-state index contributed by atoms with van der Waals surface area (Å²) in [5, 5.41) is 23.7. The number of rotatable bonds is 4. The van der Waals surface area contributed by atoms with Crippen LogP contribution in [0.15, 0.2) is 18.2 Å². The number of nitro groups is 1. The second-order valence-electron chi connectivity index (χ2n) is 4.83. The lowest BCUT2D eigenvalue weighted by Crippen LogP contribution is -2.46. The van der Waals surface area contributed by atoms with Crippen LogP contribution in [-0.4, -0.2) is 30.6 Å². The summed E-state index contributed by atoms with van der Waals surface area (Å²) in [7, 11) is 0. The molecule has 6 heteroatoms. The molecule has 0 spiro atoms. The van der Waals surface area contributed by atoms with Gasteiger partial charge >= 0.3 is 5.69 Å². The number of likely N-dealkylation sites (N-methyl/N-ethyl adjacent to an activating group) is 1. The fourth-order valence-corrected chi connectivity index (χ4v) is 2.77. The molecule has 106 valence electrons. The minimum atomic E-state index is -0.452. The molecule has 0 radical (unpaired) electrons. The Kier molecular flexibility index (Phi) is 4.53. The Labute approximate surface area is 118 Å². The Bertz CT molecular complexity index is 532. The molecular weight excluding hydrogens is 256 g/mol. The van der Waals surface area contributed by atoms with Crippen molar-refractivity contribution in [1.82, 2.24) is 5.32 Å². The monoisotopic (exact) mass is 274 g/mol. The average Bonchev–Trinajstić information content (AvgIpc) is 2.48. The number of piperidine rings is 1. The predicted molar refractivity (Wildman–Crippen MR) is 76.7 cm³/mol. The molecule has 0 aromatic heterocycles. The zero-order chi connectivity index (χ0) is 14.5. The third kappa shape index (κ3) is 2.73. The van der Waals surface area contributed by atoms with Gasteiger partial charge in [0.2, 0.25) is 0 Å². The van der Waals surface area contributed by atoms with Crippen LogP contribution in [0.3, 0.4) is 0 Å². The molecule has 6 nitrogen and oxygen atoms in total. The van der Waals surface area contributed by atoms with Gasteiger partial charge in [-0.15, -0.1) is 0 Å². The van der Waals surface area contributed by atoms with Crippen molar-refractivity contribution >= 4 is 11.4 Å². The van der Waals surface area contributed by atoms with E-state index in [1.54, 1.807) is 12.1 Å². The van der Waals surface area contributed by atoms with Crippen molar-refractivity contribution in [3.8, 4) is 6.07 Å². The van der Waals surface area contributed by atoms with E-state index in [1.165, 1.54) is 6.07 Å². The zero-order valence-electron chi connectivity index (χ0n) is 11.5. The summed E-state index contributed by atoms with van der Waals surface area (Å²) in [4.78, 5) is 12.9. The molecule has 1 aliphatic heterocycles. The smallest absolute Gasteiger partial charge is 0.310 e. The van der Waals surface area contributed by atoms with Crippen LogP contribution in [-0.2, 0) is 0 Å². The van der Waals surface area contributed by atoms with Gasteiger partial charge in [0.05, 0.1) is 4.92 Å². The van der Waals surface area contributed by atoms with Gasteiger partial charge in [0, 0.05) is 19.1 Å². The highest BCUT2D eigenvalue weighted by Gasteiger charge is 2.28. The van der Waals surface area contributed by atoms with Crippen LogP contribution < -0.4 is 10.2 Å². The molecule has 1 aromatic rings. The number of hydrogen-bond acceptors (Lipinski definition) is 5. The van der Waals surface area contributed by atoms with Crippen molar-refractivity contribution in [1.29, 1.82) is 5.26 Å². The van der Waals surface area contributed by atoms with E-state index in [-0.39, 0.29) is 17.3 Å². The standard InChI is InChI=1S/C14H18N4O2/c1-2-17(12-6-4-8-16-10-12)13-7-3-5-11(9-15)14(13)18(19)20/h3,5,7,12,16H,2,4,6,8,10H2,1H3. The lowest BCUT2D eigenvalue weighted by Gasteiger charge is -2.35. The van der Waals surface area contributed by atoms with Crippen molar-refractivity contribution in [3.63, 3.8) is 0 Å². The van der Waals surface area contributed by atoms with Crippen molar-refractivity contribution in [2.45, 2.75) is 25.8 Å². The SMILES string of the molecule is CCN(c1cccc(C#N)c1[N+](=O)[O-])C1CCCNC1. The van der Waals surface area contributed by atoms with Crippen LogP contribution in [0.5, 0.6) is 0 Å². The van der Waals surface area contributed by atoms with E-state index in [2.05, 4.69) is 5.32 Å². The maximum absolute atomic E-state index is 11.3. The van der Waals surface area contributed by atoms with Gasteiger partial charge in [-0.3, -0.25) is 10.1 Å². The molecule has 0 aliphatic carbocycles. The van der Waals surface area contributed by atoms with Crippen LogP contribution in [0.2, 0.25) is 0 Å². The van der Waals surface area contributed by atoms with Crippen LogP contribution >= 0.6 is 0 Å². The van der Waals surface area contributed by atoms with E-state index in [9.17, 15) is 10.1 Å². The first-order valence-electron chi connectivity index (χ1n) is 6.84. The number of nitriles is 1. The maximum atomic E-state index is 11.3. The molecule has 1 fully saturated rings. The van der Waals surface area contributed by atoms with Gasteiger partial charge in [-0.2, -0.15) is 5.26 Å². The molecule has 1 aliphatic rings. The molecule has 20 heavy (non-hydrogen) atoms. The Hall–Kier alpha value is -2.13. The second kappa shape index (κ2) is 6.35. The van der Waals surface area contributed by atoms with Crippen molar-refractivity contribution in [2.24, 2.45) is 0 Å². The van der Waals surface area contributed by atoms with E-state index >= 15 is 0 Å². The van der Waals surface area contributed by atoms with E-state index in [0.29, 0.717) is 12.2 Å². The van der Waals surface area contributed by atoms with E-state index < -0.39 is 4.92 Å². The summed E-state index contributed by atoms with van der Waals surface area (Å²) in [6.45, 7) is 4.48. The third-order valence-corrected chi connectivity index (χ3v) is 3.68. The number of anilines is 1. The topological polar surface area (TPSA) is 82.2 Å². The molecule has 1 aromatic carbocycles. The molecule has 1 N–H and O–H groups in total. The highest BCUT2D eigenvalue weighted by atomic mass is 16.6. The molecular formula is C14H18N4O2. The minimum Gasteiger partial charge on any atom is -0.362 e. The normalized spacial score (nSPS) is 18.3. The van der Waals surface area contributed by atoms with Crippen molar-refractivity contribution in [3.05, 3.63) is 33.9 Å². The van der Waals surface area contributed by atoms with Gasteiger partial charge in [-0.05, 0) is 38.4 Å². The van der Waals surface area contributed by atoms with Gasteiger partial charge in [0.25, 0.3) is 0 Å². The first kappa shape index (κ1) is 14.3. The molecule has 2 rings (SSSR count). The number of nitro benzene ring substituents is 1. The average molecular weight is 274 g/mol. The summed E-state index contributed by atoms with van der Waals surface area (Å²) in [5.41, 5.74) is 0.586. The Morgan fingerprint density at radius 3 is 2.95 bits per heavy atom. The van der Waals surface area contributed by atoms with Gasteiger partial charge in [0.15, 0.2) is 0 Å². The Morgan fingerprint density at radius 2 is 2.40 bits per heavy atom. The minimum absolute atomic E-state index is 0.0811. The molecule has 1 atom stereocenters. The van der Waals surface area contributed by atoms with Crippen molar-refractivity contribution in [2.75, 3.05) is 24.5 Å². The Morgan fingerprint density at radius 1 is 1.60 bits per heavy atom. The van der Waals surface area contributed by atoms with E-state index in [4.69, 9.17) is 5.26 Å². The molecule has 0 bridgehead atoms. The largest absolute Gasteiger partial charge is 0.362 e. The van der Waals surface area contributed by atoms with Gasteiger partial charge in [0.1, 0.15) is 17.3 Å². The summed E-state index contributed by atoms with van der Waals surface area (Å²) in [5.74, 6) is 0. The summed E-state index contributed by atoms with van der Waals surface area (Å²) >= 11 is 0. The summed E-state index contributed by atoms with van der Waals surface area (Å²) in [6.07, 6.45) is 2.07. The number of benzene rings is 1. The number of nitrogens with zero attached hydrogens (tertiary/aromatic N) is 3. The predicted octanol–water partition coefficient (Wildman–Crippen LogP) is 2.04. The number of hydrogen-bond donors (Lipinski definition) is 1. The summed E-state index contributed by atoms with van der Waals surface area (Å²) in [6, 6.07) is 7.09. The fourth-order valence-electron chi connectivity index (χ4n) is 2.77. The second-order valence-corrected chi connectivity index (χ2v) is 4.83. The van der Waals surface area contributed by atoms with Crippen LogP contribution in [0, 0.1) is 21.4 Å². The first-order chi connectivity index (χ1) is 9.69. The van der Waals surface area contributed by atoms with Crippen LogP contribution in [0.25, 0.3) is 0 Å². The summed E-state index contributed by atoms with van der Waals surface area (Å²) < 4.78 is 0. The molecule has 1 saturated heterocycles. The van der Waals surface area contributed by atoms with Gasteiger partial charge in [-0.25, -0.2) is 0 Å². The van der Waals surface area contributed by atoms with E-state index in [0.717, 1.165) is 25.9 Å². The highest BCUT2D eigenvalue weighted by molar-refractivity contribution is 5.70. The zero-order valence-corrected chi connectivity index (χ0v) is 11.5.